The molecule has 0 aliphatic carbocycles. The molecule has 1 amide bonds. The van der Waals surface area contributed by atoms with E-state index in [-0.39, 0.29) is 29.1 Å². The van der Waals surface area contributed by atoms with Gasteiger partial charge in [0.25, 0.3) is 5.91 Å². The van der Waals surface area contributed by atoms with Gasteiger partial charge in [-0.3, -0.25) is 4.79 Å². The van der Waals surface area contributed by atoms with Crippen LogP contribution in [0, 0.1) is 6.92 Å². The van der Waals surface area contributed by atoms with E-state index in [1.807, 2.05) is 0 Å². The Morgan fingerprint density at radius 1 is 1.45 bits per heavy atom. The van der Waals surface area contributed by atoms with Gasteiger partial charge >= 0.3 is 0 Å². The summed E-state index contributed by atoms with van der Waals surface area (Å²) in [6.45, 7) is 2.78. The minimum atomic E-state index is -3.03. The number of methoxy groups -OCH3 is 1. The number of ether oxygens (including phenoxy) is 1. The molecule has 2 heterocycles. The van der Waals surface area contributed by atoms with Crippen molar-refractivity contribution < 1.29 is 17.9 Å². The van der Waals surface area contributed by atoms with E-state index in [4.69, 9.17) is 4.74 Å². The number of sulfone groups is 1. The van der Waals surface area contributed by atoms with Crippen molar-refractivity contribution in [2.24, 2.45) is 0 Å². The van der Waals surface area contributed by atoms with Gasteiger partial charge in [0.05, 0.1) is 18.1 Å². The van der Waals surface area contributed by atoms with Crippen LogP contribution in [-0.2, 0) is 14.6 Å². The highest BCUT2D eigenvalue weighted by Crippen LogP contribution is 2.13. The molecule has 122 valence electrons. The van der Waals surface area contributed by atoms with Crippen LogP contribution in [0.5, 0.6) is 0 Å². The molecule has 0 spiro atoms. The van der Waals surface area contributed by atoms with Crippen molar-refractivity contribution in [1.29, 1.82) is 0 Å². The van der Waals surface area contributed by atoms with Crippen LogP contribution in [0.25, 0.3) is 0 Å². The Balaban J connectivity index is 2.02. The molecule has 0 saturated carbocycles. The van der Waals surface area contributed by atoms with Gasteiger partial charge in [0.1, 0.15) is 17.3 Å². The van der Waals surface area contributed by atoms with Crippen LogP contribution in [0.4, 0.5) is 5.82 Å². The first-order chi connectivity index (χ1) is 10.4. The first-order valence-corrected chi connectivity index (χ1v) is 8.81. The number of nitrogens with one attached hydrogen (secondary N) is 2. The molecule has 0 bridgehead atoms. The summed E-state index contributed by atoms with van der Waals surface area (Å²) < 4.78 is 27.8. The van der Waals surface area contributed by atoms with E-state index in [2.05, 4.69) is 20.6 Å². The number of carbonyl (C=O) groups is 1. The molecule has 1 atom stereocenters. The molecule has 2 N–H and O–H groups in total. The molecule has 1 aliphatic rings. The lowest BCUT2D eigenvalue weighted by Gasteiger charge is -2.12. The standard InChI is InChI=1S/C13H20N4O4S/c1-9-15-11(7-12(16-9)14-4-5-21-2)13(18)17-10-3-6-22(19,20)8-10/h7,10H,3-6,8H2,1-2H3,(H,17,18)(H,14,15,16). The summed E-state index contributed by atoms with van der Waals surface area (Å²) in [6.07, 6.45) is 0.442. The Hall–Kier alpha value is -1.74. The van der Waals surface area contributed by atoms with E-state index in [1.54, 1.807) is 20.1 Å². The number of anilines is 1. The summed E-state index contributed by atoms with van der Waals surface area (Å²) >= 11 is 0. The number of aromatic nitrogens is 2. The van der Waals surface area contributed by atoms with Gasteiger partial charge in [-0.1, -0.05) is 0 Å². The maximum absolute atomic E-state index is 12.2. The highest BCUT2D eigenvalue weighted by Gasteiger charge is 2.29. The van der Waals surface area contributed by atoms with Crippen molar-refractivity contribution in [3.8, 4) is 0 Å². The van der Waals surface area contributed by atoms with Gasteiger partial charge in [0, 0.05) is 25.8 Å². The van der Waals surface area contributed by atoms with E-state index in [0.29, 0.717) is 31.2 Å². The summed E-state index contributed by atoms with van der Waals surface area (Å²) in [7, 11) is -1.43. The summed E-state index contributed by atoms with van der Waals surface area (Å²) in [5.41, 5.74) is 0.219. The smallest absolute Gasteiger partial charge is 0.270 e. The first kappa shape index (κ1) is 16.6. The van der Waals surface area contributed by atoms with Crippen molar-refractivity contribution in [3.05, 3.63) is 17.6 Å². The summed E-state index contributed by atoms with van der Waals surface area (Å²) in [4.78, 5) is 20.5. The molecule has 9 heteroatoms. The third-order valence-electron chi connectivity index (χ3n) is 3.25. The van der Waals surface area contributed by atoms with Crippen LogP contribution in [0.2, 0.25) is 0 Å². The van der Waals surface area contributed by atoms with E-state index >= 15 is 0 Å². The lowest BCUT2D eigenvalue weighted by Crippen LogP contribution is -2.36. The Morgan fingerprint density at radius 2 is 2.23 bits per heavy atom. The lowest BCUT2D eigenvalue weighted by molar-refractivity contribution is 0.0935. The van der Waals surface area contributed by atoms with Crippen LogP contribution < -0.4 is 10.6 Å². The van der Waals surface area contributed by atoms with Crippen molar-refractivity contribution in [1.82, 2.24) is 15.3 Å². The average Bonchev–Trinajstić information content (AvgIpc) is 2.77. The fourth-order valence-electron chi connectivity index (χ4n) is 2.22. The van der Waals surface area contributed by atoms with E-state index in [9.17, 15) is 13.2 Å². The van der Waals surface area contributed by atoms with Crippen LogP contribution in [0.3, 0.4) is 0 Å². The molecule has 22 heavy (non-hydrogen) atoms. The third-order valence-corrected chi connectivity index (χ3v) is 5.02. The Labute approximate surface area is 129 Å². The summed E-state index contributed by atoms with van der Waals surface area (Å²) in [5.74, 6) is 0.717. The van der Waals surface area contributed by atoms with Crippen LogP contribution >= 0.6 is 0 Å². The zero-order valence-corrected chi connectivity index (χ0v) is 13.4. The zero-order chi connectivity index (χ0) is 16.2. The van der Waals surface area contributed by atoms with Crippen molar-refractivity contribution in [2.45, 2.75) is 19.4 Å². The monoisotopic (exact) mass is 328 g/mol. The third kappa shape index (κ3) is 4.63. The van der Waals surface area contributed by atoms with Gasteiger partial charge in [-0.25, -0.2) is 18.4 Å². The molecule has 1 aliphatic heterocycles. The molecule has 1 aromatic rings. The molecular weight excluding hydrogens is 308 g/mol. The molecule has 1 unspecified atom stereocenters. The quantitative estimate of drug-likeness (QED) is 0.693. The van der Waals surface area contributed by atoms with E-state index in [0.717, 1.165) is 0 Å². The molecule has 2 rings (SSSR count). The number of amides is 1. The molecule has 1 fully saturated rings. The van der Waals surface area contributed by atoms with Gasteiger partial charge in [0.15, 0.2) is 9.84 Å². The number of aryl methyl sites for hydroxylation is 1. The summed E-state index contributed by atoms with van der Waals surface area (Å²) in [6, 6.07) is 1.19. The molecule has 1 aromatic heterocycles. The van der Waals surface area contributed by atoms with Crippen LogP contribution in [0.1, 0.15) is 22.7 Å². The Morgan fingerprint density at radius 3 is 2.86 bits per heavy atom. The van der Waals surface area contributed by atoms with Gasteiger partial charge in [-0.2, -0.15) is 0 Å². The molecule has 8 nitrogen and oxygen atoms in total. The fraction of sp³-hybridized carbons (Fsp3) is 0.615. The maximum Gasteiger partial charge on any atom is 0.270 e. The van der Waals surface area contributed by atoms with Gasteiger partial charge in [0.2, 0.25) is 0 Å². The van der Waals surface area contributed by atoms with Gasteiger partial charge in [-0.05, 0) is 13.3 Å². The topological polar surface area (TPSA) is 110 Å². The van der Waals surface area contributed by atoms with Crippen molar-refractivity contribution >= 4 is 21.6 Å². The van der Waals surface area contributed by atoms with Crippen molar-refractivity contribution in [2.75, 3.05) is 37.1 Å². The van der Waals surface area contributed by atoms with Gasteiger partial charge in [-0.15, -0.1) is 0 Å². The predicted molar refractivity (Wildman–Crippen MR) is 81.7 cm³/mol. The number of carbonyl (C=O) groups excluding carboxylic acids is 1. The average molecular weight is 328 g/mol. The molecular formula is C13H20N4O4S. The highest BCUT2D eigenvalue weighted by molar-refractivity contribution is 7.91. The predicted octanol–water partition coefficient (Wildman–Crippen LogP) is -0.240. The first-order valence-electron chi connectivity index (χ1n) is 6.99. The molecule has 1 saturated heterocycles. The van der Waals surface area contributed by atoms with E-state index < -0.39 is 9.84 Å². The number of nitrogens with zero attached hydrogens (tertiary/aromatic N) is 2. The number of hydrogen-bond donors (Lipinski definition) is 2. The van der Waals surface area contributed by atoms with Crippen LogP contribution in [-0.4, -0.2) is 62.1 Å². The zero-order valence-electron chi connectivity index (χ0n) is 12.6. The lowest BCUT2D eigenvalue weighted by atomic mass is 10.2. The molecule has 0 aromatic carbocycles. The van der Waals surface area contributed by atoms with Crippen LogP contribution in [0.15, 0.2) is 6.07 Å². The molecule has 0 radical (unpaired) electrons. The highest BCUT2D eigenvalue weighted by atomic mass is 32.2. The van der Waals surface area contributed by atoms with Gasteiger partial charge < -0.3 is 15.4 Å². The largest absolute Gasteiger partial charge is 0.383 e. The SMILES string of the molecule is COCCNc1cc(C(=O)NC2CCS(=O)(=O)C2)nc(C)n1. The Kier molecular flexibility index (Phi) is 5.30. The minimum absolute atomic E-state index is 0.0122. The van der Waals surface area contributed by atoms with Crippen molar-refractivity contribution in [3.63, 3.8) is 0 Å². The number of hydrogen-bond acceptors (Lipinski definition) is 7. The van der Waals surface area contributed by atoms with E-state index in [1.165, 1.54) is 0 Å². The minimum Gasteiger partial charge on any atom is -0.383 e. The second kappa shape index (κ2) is 7.01. The number of rotatable bonds is 6. The maximum atomic E-state index is 12.2. The Bertz CT molecular complexity index is 647. The summed E-state index contributed by atoms with van der Waals surface area (Å²) in [5, 5.41) is 5.75. The fourth-order valence-corrected chi connectivity index (χ4v) is 3.90. The second-order valence-electron chi connectivity index (χ2n) is 5.18. The second-order valence-corrected chi connectivity index (χ2v) is 7.41. The normalized spacial score (nSPS) is 19.8.